The molecule has 0 aliphatic heterocycles. The Kier molecular flexibility index (Phi) is 5.14. The van der Waals surface area contributed by atoms with Crippen LogP contribution in [0.25, 0.3) is 0 Å². The average molecular weight is 227 g/mol. The average Bonchev–Trinajstić information content (AvgIpc) is 2.25. The standard InChI is InChI=1S/C10H13NO3S/c12-6-8-15-7-5-9-3-1-2-4-10(9)11(13)14/h1-4,12H,5-8H2. The first-order valence-electron chi connectivity index (χ1n) is 4.66. The number of nitro groups is 1. The molecule has 0 amide bonds. The molecule has 0 radical (unpaired) electrons. The Morgan fingerprint density at radius 1 is 1.33 bits per heavy atom. The van der Waals surface area contributed by atoms with Gasteiger partial charge in [-0.2, -0.15) is 11.8 Å². The third kappa shape index (κ3) is 3.89. The van der Waals surface area contributed by atoms with E-state index in [2.05, 4.69) is 0 Å². The van der Waals surface area contributed by atoms with Gasteiger partial charge in [0.2, 0.25) is 0 Å². The van der Waals surface area contributed by atoms with Gasteiger partial charge in [0.15, 0.2) is 0 Å². The summed E-state index contributed by atoms with van der Waals surface area (Å²) >= 11 is 1.60. The summed E-state index contributed by atoms with van der Waals surface area (Å²) < 4.78 is 0. The summed E-state index contributed by atoms with van der Waals surface area (Å²) in [5, 5.41) is 19.2. The number of thioether (sulfide) groups is 1. The predicted molar refractivity (Wildman–Crippen MR) is 61.2 cm³/mol. The molecule has 82 valence electrons. The lowest BCUT2D eigenvalue weighted by Gasteiger charge is -2.01. The van der Waals surface area contributed by atoms with Crippen molar-refractivity contribution in [1.29, 1.82) is 0 Å². The SMILES string of the molecule is O=[N+]([O-])c1ccccc1CCSCCO. The van der Waals surface area contributed by atoms with E-state index in [1.54, 1.807) is 30.0 Å². The van der Waals surface area contributed by atoms with Crippen molar-refractivity contribution >= 4 is 17.4 Å². The Hall–Kier alpha value is -1.07. The summed E-state index contributed by atoms with van der Waals surface area (Å²) in [7, 11) is 0. The molecule has 1 aromatic rings. The van der Waals surface area contributed by atoms with Crippen LogP contribution in [0.15, 0.2) is 24.3 Å². The summed E-state index contributed by atoms with van der Waals surface area (Å²) in [6.07, 6.45) is 0.668. The number of rotatable bonds is 6. The van der Waals surface area contributed by atoms with Gasteiger partial charge in [0, 0.05) is 17.4 Å². The van der Waals surface area contributed by atoms with Crippen molar-refractivity contribution in [3.8, 4) is 0 Å². The molecular weight excluding hydrogens is 214 g/mol. The van der Waals surface area contributed by atoms with E-state index in [1.165, 1.54) is 6.07 Å². The molecule has 4 nitrogen and oxygen atoms in total. The van der Waals surface area contributed by atoms with Crippen molar-refractivity contribution in [2.75, 3.05) is 18.1 Å². The van der Waals surface area contributed by atoms with Crippen LogP contribution in [0.3, 0.4) is 0 Å². The second-order valence-corrected chi connectivity index (χ2v) is 4.20. The fourth-order valence-electron chi connectivity index (χ4n) is 1.25. The molecule has 0 unspecified atom stereocenters. The minimum Gasteiger partial charge on any atom is -0.396 e. The van der Waals surface area contributed by atoms with E-state index in [0.29, 0.717) is 12.2 Å². The lowest BCUT2D eigenvalue weighted by Crippen LogP contribution is -1.97. The molecule has 0 atom stereocenters. The van der Waals surface area contributed by atoms with Crippen molar-refractivity contribution < 1.29 is 10.0 Å². The molecule has 0 fully saturated rings. The van der Waals surface area contributed by atoms with Crippen LogP contribution in [-0.4, -0.2) is 28.1 Å². The van der Waals surface area contributed by atoms with Crippen LogP contribution >= 0.6 is 11.8 Å². The van der Waals surface area contributed by atoms with Crippen molar-refractivity contribution in [2.24, 2.45) is 0 Å². The lowest BCUT2D eigenvalue weighted by molar-refractivity contribution is -0.385. The molecule has 0 bridgehead atoms. The molecule has 0 saturated carbocycles. The topological polar surface area (TPSA) is 63.4 Å². The minimum absolute atomic E-state index is 0.154. The molecule has 1 aromatic carbocycles. The highest BCUT2D eigenvalue weighted by Gasteiger charge is 2.11. The van der Waals surface area contributed by atoms with Crippen LogP contribution in [0.5, 0.6) is 0 Å². The van der Waals surface area contributed by atoms with E-state index < -0.39 is 0 Å². The van der Waals surface area contributed by atoms with Gasteiger partial charge in [0.05, 0.1) is 11.5 Å². The Morgan fingerprint density at radius 3 is 2.73 bits per heavy atom. The van der Waals surface area contributed by atoms with Crippen LogP contribution in [0.1, 0.15) is 5.56 Å². The third-order valence-electron chi connectivity index (χ3n) is 1.94. The van der Waals surface area contributed by atoms with Crippen LogP contribution in [0.2, 0.25) is 0 Å². The fourth-order valence-corrected chi connectivity index (χ4v) is 1.95. The Morgan fingerprint density at radius 2 is 2.07 bits per heavy atom. The molecular formula is C10H13NO3S. The smallest absolute Gasteiger partial charge is 0.272 e. The molecule has 1 rings (SSSR count). The van der Waals surface area contributed by atoms with Crippen LogP contribution in [0.4, 0.5) is 5.69 Å². The first-order chi connectivity index (χ1) is 7.25. The second kappa shape index (κ2) is 6.42. The zero-order valence-corrected chi connectivity index (χ0v) is 9.07. The number of benzene rings is 1. The van der Waals surface area contributed by atoms with Crippen molar-refractivity contribution in [2.45, 2.75) is 6.42 Å². The zero-order valence-electron chi connectivity index (χ0n) is 8.26. The van der Waals surface area contributed by atoms with E-state index in [4.69, 9.17) is 5.11 Å². The number of nitrogens with zero attached hydrogens (tertiary/aromatic N) is 1. The van der Waals surface area contributed by atoms with Gasteiger partial charge in [-0.25, -0.2) is 0 Å². The maximum Gasteiger partial charge on any atom is 0.272 e. The summed E-state index contributed by atoms with van der Waals surface area (Å²) in [5.41, 5.74) is 0.940. The molecule has 0 aliphatic rings. The highest BCUT2D eigenvalue weighted by molar-refractivity contribution is 7.99. The third-order valence-corrected chi connectivity index (χ3v) is 2.90. The van der Waals surface area contributed by atoms with Gasteiger partial charge in [-0.3, -0.25) is 10.1 Å². The van der Waals surface area contributed by atoms with E-state index in [1.807, 2.05) is 0 Å². The number of aliphatic hydroxyl groups is 1. The molecule has 0 aromatic heterocycles. The zero-order chi connectivity index (χ0) is 11.1. The van der Waals surface area contributed by atoms with Gasteiger partial charge < -0.3 is 5.11 Å². The van der Waals surface area contributed by atoms with Crippen LogP contribution in [0, 0.1) is 10.1 Å². The molecule has 0 aliphatic carbocycles. The maximum atomic E-state index is 10.7. The Bertz CT molecular complexity index is 330. The molecule has 15 heavy (non-hydrogen) atoms. The monoisotopic (exact) mass is 227 g/mol. The maximum absolute atomic E-state index is 10.7. The van der Waals surface area contributed by atoms with Crippen molar-refractivity contribution in [3.05, 3.63) is 39.9 Å². The number of hydrogen-bond donors (Lipinski definition) is 1. The van der Waals surface area contributed by atoms with Gasteiger partial charge in [-0.1, -0.05) is 18.2 Å². The van der Waals surface area contributed by atoms with E-state index in [0.717, 1.165) is 11.3 Å². The van der Waals surface area contributed by atoms with Gasteiger partial charge in [0.25, 0.3) is 5.69 Å². The Balaban J connectivity index is 2.56. The van der Waals surface area contributed by atoms with Crippen LogP contribution in [-0.2, 0) is 6.42 Å². The molecule has 0 saturated heterocycles. The molecule has 5 heteroatoms. The number of para-hydroxylation sites is 1. The molecule has 0 spiro atoms. The van der Waals surface area contributed by atoms with Gasteiger partial charge >= 0.3 is 0 Å². The summed E-state index contributed by atoms with van der Waals surface area (Å²) in [5.74, 6) is 1.48. The van der Waals surface area contributed by atoms with Crippen LogP contribution < -0.4 is 0 Å². The van der Waals surface area contributed by atoms with Crippen molar-refractivity contribution in [3.63, 3.8) is 0 Å². The summed E-state index contributed by atoms with van der Waals surface area (Å²) in [6.45, 7) is 0.154. The predicted octanol–water partition coefficient (Wildman–Crippen LogP) is 1.86. The van der Waals surface area contributed by atoms with Crippen molar-refractivity contribution in [1.82, 2.24) is 0 Å². The number of hydrogen-bond acceptors (Lipinski definition) is 4. The fraction of sp³-hybridized carbons (Fsp3) is 0.400. The van der Waals surface area contributed by atoms with E-state index in [9.17, 15) is 10.1 Å². The van der Waals surface area contributed by atoms with Gasteiger partial charge in [-0.15, -0.1) is 0 Å². The molecule has 1 N–H and O–H groups in total. The first kappa shape index (κ1) is 12.0. The number of aliphatic hydroxyl groups excluding tert-OH is 1. The van der Waals surface area contributed by atoms with E-state index in [-0.39, 0.29) is 17.2 Å². The highest BCUT2D eigenvalue weighted by Crippen LogP contribution is 2.19. The number of aryl methyl sites for hydroxylation is 1. The molecule has 0 heterocycles. The summed E-state index contributed by atoms with van der Waals surface area (Å²) in [6, 6.07) is 6.77. The highest BCUT2D eigenvalue weighted by atomic mass is 32.2. The quantitative estimate of drug-likeness (QED) is 0.457. The summed E-state index contributed by atoms with van der Waals surface area (Å²) in [4.78, 5) is 10.3. The first-order valence-corrected chi connectivity index (χ1v) is 5.82. The largest absolute Gasteiger partial charge is 0.396 e. The Labute approximate surface area is 92.5 Å². The lowest BCUT2D eigenvalue weighted by atomic mass is 10.1. The van der Waals surface area contributed by atoms with Gasteiger partial charge in [0.1, 0.15) is 0 Å². The minimum atomic E-state index is -0.355. The van der Waals surface area contributed by atoms with E-state index >= 15 is 0 Å². The second-order valence-electron chi connectivity index (χ2n) is 2.97. The van der Waals surface area contributed by atoms with Gasteiger partial charge in [-0.05, 0) is 12.2 Å². The normalized spacial score (nSPS) is 10.2. The number of nitro benzene ring substituents is 1.